The van der Waals surface area contributed by atoms with Crippen LogP contribution in [0.3, 0.4) is 0 Å². The molecule has 0 unspecified atom stereocenters. The number of hydrogen-bond acceptors (Lipinski definition) is 2. The zero-order chi connectivity index (χ0) is 13.4. The highest BCUT2D eigenvalue weighted by molar-refractivity contribution is 5.63. The molecular formula is C16H26N2. The molecule has 2 N–H and O–H groups in total. The van der Waals surface area contributed by atoms with Gasteiger partial charge in [0.1, 0.15) is 0 Å². The first-order valence-electron chi connectivity index (χ1n) is 6.94. The van der Waals surface area contributed by atoms with Crippen LogP contribution in [0.4, 0.5) is 5.69 Å². The fraction of sp³-hybridized carbons (Fsp3) is 0.625. The van der Waals surface area contributed by atoms with Gasteiger partial charge in [0, 0.05) is 25.3 Å². The largest absolute Gasteiger partial charge is 0.374 e. The number of rotatable bonds is 3. The van der Waals surface area contributed by atoms with E-state index in [4.69, 9.17) is 5.73 Å². The van der Waals surface area contributed by atoms with Crippen LogP contribution in [0, 0.1) is 33.6 Å². The van der Waals surface area contributed by atoms with Crippen LogP contribution in [-0.2, 0) is 0 Å². The van der Waals surface area contributed by atoms with Gasteiger partial charge in [-0.25, -0.2) is 0 Å². The maximum Gasteiger partial charge on any atom is 0.0428 e. The first-order chi connectivity index (χ1) is 8.40. The van der Waals surface area contributed by atoms with Crippen molar-refractivity contribution in [3.8, 4) is 0 Å². The van der Waals surface area contributed by atoms with E-state index in [1.165, 1.54) is 40.8 Å². The molecule has 18 heavy (non-hydrogen) atoms. The van der Waals surface area contributed by atoms with E-state index in [0.29, 0.717) is 6.04 Å². The minimum atomic E-state index is 0.449. The maximum atomic E-state index is 5.87. The van der Waals surface area contributed by atoms with Crippen LogP contribution in [0.5, 0.6) is 0 Å². The van der Waals surface area contributed by atoms with E-state index >= 15 is 0 Å². The zero-order valence-electron chi connectivity index (χ0n) is 12.4. The summed E-state index contributed by atoms with van der Waals surface area (Å²) >= 11 is 0. The molecule has 1 aromatic carbocycles. The summed E-state index contributed by atoms with van der Waals surface area (Å²) in [5.41, 5.74) is 12.9. The summed E-state index contributed by atoms with van der Waals surface area (Å²) in [4.78, 5) is 2.43. The molecule has 0 saturated heterocycles. The zero-order valence-corrected chi connectivity index (χ0v) is 12.4. The number of nitrogens with zero attached hydrogens (tertiary/aromatic N) is 1. The number of hydrogen-bond donors (Lipinski definition) is 1. The van der Waals surface area contributed by atoms with Crippen molar-refractivity contribution in [1.82, 2.24) is 0 Å². The van der Waals surface area contributed by atoms with Crippen molar-refractivity contribution in [1.29, 1.82) is 0 Å². The van der Waals surface area contributed by atoms with Crippen LogP contribution in [0.2, 0.25) is 0 Å². The van der Waals surface area contributed by atoms with Crippen molar-refractivity contribution in [2.24, 2.45) is 11.7 Å². The predicted octanol–water partition coefficient (Wildman–Crippen LogP) is 3.09. The molecule has 1 aliphatic carbocycles. The summed E-state index contributed by atoms with van der Waals surface area (Å²) in [6, 6.07) is 2.74. The van der Waals surface area contributed by atoms with Gasteiger partial charge >= 0.3 is 0 Å². The third-order valence-electron chi connectivity index (χ3n) is 4.51. The Bertz CT molecular complexity index is 419. The highest BCUT2D eigenvalue weighted by Crippen LogP contribution is 2.32. The Balaban J connectivity index is 2.21. The standard InChI is InChI=1S/C16H26N2/c1-10-6-11(2)13(4)16(12(10)3)18(5)9-14-7-15(17)8-14/h6,14-15H,7-9,17H2,1-5H3. The molecule has 0 heterocycles. The van der Waals surface area contributed by atoms with E-state index in [1.807, 2.05) is 0 Å². The Labute approximate surface area is 111 Å². The van der Waals surface area contributed by atoms with Gasteiger partial charge in [0.2, 0.25) is 0 Å². The summed E-state index contributed by atoms with van der Waals surface area (Å²) in [7, 11) is 2.22. The number of benzene rings is 1. The molecule has 1 aliphatic rings. The van der Waals surface area contributed by atoms with Gasteiger partial charge in [-0.05, 0) is 68.7 Å². The molecule has 1 aromatic rings. The van der Waals surface area contributed by atoms with Gasteiger partial charge in [-0.2, -0.15) is 0 Å². The Morgan fingerprint density at radius 1 is 1.11 bits per heavy atom. The molecule has 0 radical (unpaired) electrons. The van der Waals surface area contributed by atoms with Crippen molar-refractivity contribution in [3.05, 3.63) is 28.3 Å². The summed E-state index contributed by atoms with van der Waals surface area (Å²) in [6.45, 7) is 10.0. The molecule has 0 atom stereocenters. The van der Waals surface area contributed by atoms with Gasteiger partial charge in [-0.15, -0.1) is 0 Å². The Morgan fingerprint density at radius 3 is 2.06 bits per heavy atom. The topological polar surface area (TPSA) is 29.3 Å². The van der Waals surface area contributed by atoms with E-state index in [2.05, 4.69) is 45.7 Å². The molecule has 2 nitrogen and oxygen atoms in total. The second-order valence-corrected chi connectivity index (χ2v) is 6.09. The molecule has 100 valence electrons. The minimum Gasteiger partial charge on any atom is -0.374 e. The Kier molecular flexibility index (Phi) is 3.67. The molecule has 0 amide bonds. The van der Waals surface area contributed by atoms with Gasteiger partial charge in [0.05, 0.1) is 0 Å². The summed E-state index contributed by atoms with van der Waals surface area (Å²) in [5.74, 6) is 0.782. The smallest absolute Gasteiger partial charge is 0.0428 e. The van der Waals surface area contributed by atoms with Gasteiger partial charge in [-0.3, -0.25) is 0 Å². The Morgan fingerprint density at radius 2 is 1.61 bits per heavy atom. The molecular weight excluding hydrogens is 220 g/mol. The average Bonchev–Trinajstić information content (AvgIpc) is 2.25. The first-order valence-corrected chi connectivity index (χ1v) is 6.94. The molecule has 2 rings (SSSR count). The quantitative estimate of drug-likeness (QED) is 0.888. The van der Waals surface area contributed by atoms with Crippen LogP contribution in [-0.4, -0.2) is 19.6 Å². The SMILES string of the molecule is Cc1cc(C)c(C)c(N(C)CC2CC(N)C2)c1C. The molecule has 1 fully saturated rings. The van der Waals surface area contributed by atoms with Crippen LogP contribution in [0.1, 0.15) is 35.1 Å². The fourth-order valence-corrected chi connectivity index (χ4v) is 3.18. The number of nitrogens with two attached hydrogens (primary N) is 1. The molecule has 2 heteroatoms. The summed E-state index contributed by atoms with van der Waals surface area (Å²) in [5, 5.41) is 0. The van der Waals surface area contributed by atoms with E-state index in [1.54, 1.807) is 0 Å². The highest BCUT2D eigenvalue weighted by Gasteiger charge is 2.27. The lowest BCUT2D eigenvalue weighted by atomic mass is 9.80. The van der Waals surface area contributed by atoms with Crippen LogP contribution >= 0.6 is 0 Å². The Hall–Kier alpha value is -1.02. The van der Waals surface area contributed by atoms with Crippen LogP contribution in [0.15, 0.2) is 6.07 Å². The predicted molar refractivity (Wildman–Crippen MR) is 79.4 cm³/mol. The second-order valence-electron chi connectivity index (χ2n) is 6.09. The minimum absolute atomic E-state index is 0.449. The second kappa shape index (κ2) is 4.93. The van der Waals surface area contributed by atoms with Gasteiger partial charge < -0.3 is 10.6 Å². The molecule has 0 spiro atoms. The highest BCUT2D eigenvalue weighted by atomic mass is 15.1. The van der Waals surface area contributed by atoms with Crippen molar-refractivity contribution in [3.63, 3.8) is 0 Å². The van der Waals surface area contributed by atoms with Gasteiger partial charge in [0.25, 0.3) is 0 Å². The van der Waals surface area contributed by atoms with Crippen LogP contribution in [0.25, 0.3) is 0 Å². The van der Waals surface area contributed by atoms with E-state index in [9.17, 15) is 0 Å². The number of anilines is 1. The molecule has 0 aliphatic heterocycles. The molecule has 0 bridgehead atoms. The third-order valence-corrected chi connectivity index (χ3v) is 4.51. The average molecular weight is 246 g/mol. The summed E-state index contributed by atoms with van der Waals surface area (Å²) < 4.78 is 0. The van der Waals surface area contributed by atoms with Gasteiger partial charge in [-0.1, -0.05) is 6.07 Å². The molecule has 0 aromatic heterocycles. The lowest BCUT2D eigenvalue weighted by Crippen LogP contribution is -2.42. The van der Waals surface area contributed by atoms with E-state index in [0.717, 1.165) is 12.5 Å². The number of aryl methyl sites for hydroxylation is 2. The normalized spacial score (nSPS) is 22.8. The monoisotopic (exact) mass is 246 g/mol. The molecule has 1 saturated carbocycles. The maximum absolute atomic E-state index is 5.87. The van der Waals surface area contributed by atoms with Crippen molar-refractivity contribution >= 4 is 5.69 Å². The van der Waals surface area contributed by atoms with Crippen LogP contribution < -0.4 is 10.6 Å². The first kappa shape index (κ1) is 13.4. The van der Waals surface area contributed by atoms with Crippen molar-refractivity contribution in [2.75, 3.05) is 18.5 Å². The van der Waals surface area contributed by atoms with E-state index < -0.39 is 0 Å². The van der Waals surface area contributed by atoms with Crippen molar-refractivity contribution in [2.45, 2.75) is 46.6 Å². The lowest BCUT2D eigenvalue weighted by molar-refractivity contribution is 0.271. The third kappa shape index (κ3) is 2.39. The lowest BCUT2D eigenvalue weighted by Gasteiger charge is -2.37. The van der Waals surface area contributed by atoms with Gasteiger partial charge in [0.15, 0.2) is 0 Å². The van der Waals surface area contributed by atoms with E-state index in [-0.39, 0.29) is 0 Å². The van der Waals surface area contributed by atoms with Crippen molar-refractivity contribution < 1.29 is 0 Å². The fourth-order valence-electron chi connectivity index (χ4n) is 3.18. The summed E-state index contributed by atoms with van der Waals surface area (Å²) in [6.07, 6.45) is 2.38.